The molecular weight excluding hydrogens is 592 g/mol. The molecule has 2 aromatic heterocycles. The van der Waals surface area contributed by atoms with E-state index in [9.17, 15) is 13.9 Å². The lowest BCUT2D eigenvalue weighted by Crippen LogP contribution is -2.36. The lowest BCUT2D eigenvalue weighted by Gasteiger charge is -2.41. The van der Waals surface area contributed by atoms with E-state index in [2.05, 4.69) is 44.9 Å². The van der Waals surface area contributed by atoms with Gasteiger partial charge in [-0.2, -0.15) is 4.31 Å². The maximum atomic E-state index is 13.5. The van der Waals surface area contributed by atoms with Gasteiger partial charge in [-0.25, -0.2) is 9.67 Å². The number of nitrogens with one attached hydrogen (secondary N) is 1. The summed E-state index contributed by atoms with van der Waals surface area (Å²) in [4.78, 5) is 18.1. The number of amides is 1. The Morgan fingerprint density at radius 2 is 2.02 bits per heavy atom. The average molecular weight is 635 g/mol. The highest BCUT2D eigenvalue weighted by Gasteiger charge is 2.36. The number of nitrogens with zero attached hydrogens (tertiary/aromatic N) is 5. The van der Waals surface area contributed by atoms with Gasteiger partial charge in [-0.05, 0) is 79.6 Å². The third-order valence-electron chi connectivity index (χ3n) is 9.00. The van der Waals surface area contributed by atoms with E-state index in [1.807, 2.05) is 38.4 Å². The minimum Gasteiger partial charge on any atom is -0.472 e. The lowest BCUT2D eigenvalue weighted by molar-refractivity contribution is -0.122. The Hall–Kier alpha value is -3.55. The Bertz CT molecular complexity index is 1690. The summed E-state index contributed by atoms with van der Waals surface area (Å²) < 4.78 is 38.3. The van der Waals surface area contributed by atoms with Crippen molar-refractivity contribution >= 4 is 27.7 Å². The van der Waals surface area contributed by atoms with E-state index in [1.54, 1.807) is 22.6 Å². The Morgan fingerprint density at radius 1 is 1.18 bits per heavy atom. The highest BCUT2D eigenvalue weighted by molar-refractivity contribution is 8.22. The van der Waals surface area contributed by atoms with Crippen LogP contribution in [0.1, 0.15) is 66.8 Å². The predicted octanol–water partition coefficient (Wildman–Crippen LogP) is 5.59. The van der Waals surface area contributed by atoms with Gasteiger partial charge in [0, 0.05) is 38.2 Å². The first kappa shape index (κ1) is 31.4. The number of carbonyl (C=O) groups is 1. The smallest absolute Gasteiger partial charge is 0.239 e. The van der Waals surface area contributed by atoms with Gasteiger partial charge < -0.3 is 14.8 Å². The van der Waals surface area contributed by atoms with Gasteiger partial charge in [0.25, 0.3) is 0 Å². The second-order valence-electron chi connectivity index (χ2n) is 11.9. The molecule has 6 rings (SSSR count). The zero-order valence-corrected chi connectivity index (χ0v) is 27.1. The van der Waals surface area contributed by atoms with Crippen molar-refractivity contribution in [3.05, 3.63) is 76.5 Å². The average Bonchev–Trinajstić information content (AvgIpc) is 3.68. The van der Waals surface area contributed by atoms with Gasteiger partial charge >= 0.3 is 0 Å². The molecule has 12 heteroatoms. The summed E-state index contributed by atoms with van der Waals surface area (Å²) in [6.45, 7) is 10.6. The number of hydrogen-bond acceptors (Lipinski definition) is 9. The highest BCUT2D eigenvalue weighted by Crippen LogP contribution is 2.57. The minimum atomic E-state index is -3.37. The maximum Gasteiger partial charge on any atom is 0.239 e. The van der Waals surface area contributed by atoms with Crippen molar-refractivity contribution < 1.29 is 23.4 Å². The van der Waals surface area contributed by atoms with Gasteiger partial charge in [0.15, 0.2) is 0 Å². The molecule has 240 valence electrons. The second-order valence-corrected chi connectivity index (χ2v) is 13.9. The topological polar surface area (TPSA) is 135 Å². The van der Waals surface area contributed by atoms with Crippen molar-refractivity contribution in [1.82, 2.24) is 29.6 Å². The van der Waals surface area contributed by atoms with Gasteiger partial charge in [0.05, 0.1) is 24.7 Å². The van der Waals surface area contributed by atoms with Crippen LogP contribution in [0, 0.1) is 13.8 Å². The van der Waals surface area contributed by atoms with Crippen molar-refractivity contribution in [2.45, 2.75) is 83.0 Å². The molecule has 3 N–H and O–H groups in total. The number of benzene rings is 2. The standard InChI is InChI=1S/C33H42N6O5S/c1-5-26-19-38(45(41,42)30-8-7-14-34-33(30)44-26)18-24-16-23(10-9-21(24)3)28(17-31(40)35-25-13-15-43-20-25)27-11-12-29-32(22(27)4)36-37-39(29)6-2/h7-12,14,16,25-26,28,41-42H,5-6,13,15,17-20H2,1-4H3,(H,35,40)/t25?,26?,28-/m0/s1. The van der Waals surface area contributed by atoms with E-state index in [0.717, 1.165) is 45.3 Å². The molecule has 2 aliphatic rings. The van der Waals surface area contributed by atoms with Gasteiger partial charge in [-0.1, -0.05) is 36.4 Å². The summed E-state index contributed by atoms with van der Waals surface area (Å²) in [6.07, 6.45) is 3.09. The molecule has 0 aliphatic carbocycles. The third-order valence-corrected chi connectivity index (χ3v) is 10.9. The zero-order chi connectivity index (χ0) is 31.7. The number of carbonyl (C=O) groups excluding carboxylic acids is 1. The molecule has 1 fully saturated rings. The first-order chi connectivity index (χ1) is 21.7. The number of fused-ring (bicyclic) bond motifs is 2. The molecule has 3 atom stereocenters. The summed E-state index contributed by atoms with van der Waals surface area (Å²) in [5.41, 5.74) is 6.72. The van der Waals surface area contributed by atoms with Crippen LogP contribution in [0.25, 0.3) is 11.0 Å². The molecule has 1 saturated heterocycles. The fourth-order valence-corrected chi connectivity index (χ4v) is 7.86. The van der Waals surface area contributed by atoms with Gasteiger partial charge in [-0.15, -0.1) is 15.9 Å². The number of hydrogen-bond donors (Lipinski definition) is 3. The van der Waals surface area contributed by atoms with E-state index >= 15 is 0 Å². The van der Waals surface area contributed by atoms with Crippen LogP contribution in [0.5, 0.6) is 5.88 Å². The predicted molar refractivity (Wildman–Crippen MR) is 173 cm³/mol. The Morgan fingerprint density at radius 3 is 2.78 bits per heavy atom. The van der Waals surface area contributed by atoms with Crippen LogP contribution in [0.15, 0.2) is 53.6 Å². The van der Waals surface area contributed by atoms with Crippen LogP contribution in [-0.4, -0.2) is 71.2 Å². The monoisotopic (exact) mass is 634 g/mol. The van der Waals surface area contributed by atoms with Crippen LogP contribution in [-0.2, 0) is 22.6 Å². The molecule has 0 bridgehead atoms. The molecule has 11 nitrogen and oxygen atoms in total. The first-order valence-electron chi connectivity index (χ1n) is 15.6. The van der Waals surface area contributed by atoms with Crippen molar-refractivity contribution in [2.24, 2.45) is 0 Å². The maximum absolute atomic E-state index is 13.5. The van der Waals surface area contributed by atoms with Crippen molar-refractivity contribution in [3.63, 3.8) is 0 Å². The minimum absolute atomic E-state index is 0.0131. The van der Waals surface area contributed by atoms with Gasteiger partial charge in [0.2, 0.25) is 11.8 Å². The molecule has 4 heterocycles. The summed E-state index contributed by atoms with van der Waals surface area (Å²) >= 11 is 0. The third kappa shape index (κ3) is 6.30. The van der Waals surface area contributed by atoms with Crippen LogP contribution >= 0.6 is 10.8 Å². The summed E-state index contributed by atoms with van der Waals surface area (Å²) in [5.74, 6) is -0.0333. The molecule has 0 saturated carbocycles. The Balaban J connectivity index is 1.37. The van der Waals surface area contributed by atoms with E-state index < -0.39 is 10.8 Å². The number of pyridine rings is 1. The molecular formula is C33H42N6O5S. The SMILES string of the molecule is CCC1CN(Cc2cc([C@H](CC(=O)NC3CCOC3)c3ccc4c(nnn4CC)c3C)ccc2C)S(O)(O)c2cccnc2O1. The van der Waals surface area contributed by atoms with Crippen LogP contribution in [0.2, 0.25) is 0 Å². The molecule has 2 unspecified atom stereocenters. The molecule has 1 amide bonds. The van der Waals surface area contributed by atoms with Crippen LogP contribution in [0.3, 0.4) is 0 Å². The molecule has 0 radical (unpaired) electrons. The summed E-state index contributed by atoms with van der Waals surface area (Å²) in [7, 11) is -3.37. The first-order valence-corrected chi connectivity index (χ1v) is 17.1. The summed E-state index contributed by atoms with van der Waals surface area (Å²) in [6, 6.07) is 13.7. The molecule has 4 aromatic rings. The van der Waals surface area contributed by atoms with Crippen LogP contribution < -0.4 is 10.1 Å². The van der Waals surface area contributed by atoms with Crippen molar-refractivity contribution in [3.8, 4) is 5.88 Å². The summed E-state index contributed by atoms with van der Waals surface area (Å²) in [5, 5.41) is 12.0. The van der Waals surface area contributed by atoms with E-state index in [0.29, 0.717) is 37.6 Å². The number of aromatic nitrogens is 4. The lowest BCUT2D eigenvalue weighted by atomic mass is 9.84. The number of ether oxygens (including phenoxy) is 2. The van der Waals surface area contributed by atoms with E-state index in [-0.39, 0.29) is 42.8 Å². The number of rotatable bonds is 9. The van der Waals surface area contributed by atoms with Gasteiger partial charge in [-0.3, -0.25) is 13.9 Å². The normalized spacial score (nSPS) is 21.1. The quantitative estimate of drug-likeness (QED) is 0.215. The second kappa shape index (κ2) is 13.1. The fraction of sp³-hybridized carbons (Fsp3) is 0.455. The fourth-order valence-electron chi connectivity index (χ4n) is 6.30. The molecule has 45 heavy (non-hydrogen) atoms. The molecule has 2 aliphatic heterocycles. The van der Waals surface area contributed by atoms with Crippen molar-refractivity contribution in [2.75, 3.05) is 19.8 Å². The Labute approximate surface area is 265 Å². The highest BCUT2D eigenvalue weighted by atomic mass is 32.3. The molecule has 0 spiro atoms. The van der Waals surface area contributed by atoms with E-state index in [4.69, 9.17) is 9.47 Å². The Kier molecular flexibility index (Phi) is 9.12. The van der Waals surface area contributed by atoms with Crippen LogP contribution in [0.4, 0.5) is 0 Å². The molecule has 2 aromatic carbocycles. The van der Waals surface area contributed by atoms with Crippen molar-refractivity contribution in [1.29, 1.82) is 0 Å². The number of aryl methyl sites for hydroxylation is 3. The zero-order valence-electron chi connectivity index (χ0n) is 26.3. The van der Waals surface area contributed by atoms with Gasteiger partial charge in [0.1, 0.15) is 16.5 Å². The van der Waals surface area contributed by atoms with E-state index in [1.165, 1.54) is 0 Å². The largest absolute Gasteiger partial charge is 0.472 e.